The second-order valence-electron chi connectivity index (χ2n) is 6.13. The Bertz CT molecular complexity index is 465. The molecular weight excluding hydrogens is 328 g/mol. The fourth-order valence-corrected chi connectivity index (χ4v) is 3.92. The number of halogens is 1. The molecule has 0 atom stereocenters. The van der Waals surface area contributed by atoms with Gasteiger partial charge >= 0.3 is 0 Å². The predicted octanol–water partition coefficient (Wildman–Crippen LogP) is 3.26. The van der Waals surface area contributed by atoms with Crippen molar-refractivity contribution in [3.63, 3.8) is 0 Å². The molecule has 2 fully saturated rings. The van der Waals surface area contributed by atoms with Gasteiger partial charge in [0.05, 0.1) is 0 Å². The number of nitrogens with zero attached hydrogens (tertiary/aromatic N) is 4. The van der Waals surface area contributed by atoms with Crippen LogP contribution in [0, 0.1) is 0 Å². The van der Waals surface area contributed by atoms with Crippen molar-refractivity contribution in [1.82, 2.24) is 14.9 Å². The van der Waals surface area contributed by atoms with Gasteiger partial charge in [-0.2, -0.15) is 0 Å². The van der Waals surface area contributed by atoms with Crippen molar-refractivity contribution in [3.05, 3.63) is 16.5 Å². The van der Waals surface area contributed by atoms with Crippen LogP contribution < -0.4 is 4.90 Å². The van der Waals surface area contributed by atoms with Crippen LogP contribution in [0.3, 0.4) is 0 Å². The average Bonchev–Trinajstić information content (AvgIpc) is 2.55. The molecule has 21 heavy (non-hydrogen) atoms. The van der Waals surface area contributed by atoms with Gasteiger partial charge in [-0.25, -0.2) is 9.97 Å². The molecule has 5 heteroatoms. The van der Waals surface area contributed by atoms with Crippen molar-refractivity contribution >= 4 is 21.7 Å². The van der Waals surface area contributed by atoms with E-state index < -0.39 is 0 Å². The third-order valence-corrected chi connectivity index (χ3v) is 5.15. The van der Waals surface area contributed by atoms with Crippen molar-refractivity contribution in [1.29, 1.82) is 0 Å². The van der Waals surface area contributed by atoms with E-state index in [4.69, 9.17) is 0 Å². The van der Waals surface area contributed by atoms with Crippen molar-refractivity contribution in [2.24, 2.45) is 0 Å². The first-order valence-corrected chi connectivity index (χ1v) is 9.08. The molecule has 1 aromatic heterocycles. The summed E-state index contributed by atoms with van der Waals surface area (Å²) in [5.41, 5.74) is 0. The Morgan fingerprint density at radius 2 is 1.81 bits per heavy atom. The Kier molecular flexibility index (Phi) is 5.11. The molecular formula is C16H25BrN4. The van der Waals surface area contributed by atoms with Crippen LogP contribution >= 0.6 is 15.9 Å². The maximum atomic E-state index is 4.68. The molecule has 0 amide bonds. The Labute approximate surface area is 136 Å². The zero-order chi connectivity index (χ0) is 14.7. The lowest BCUT2D eigenvalue weighted by Crippen LogP contribution is -2.47. The van der Waals surface area contributed by atoms with E-state index in [2.05, 4.69) is 48.7 Å². The number of hydrogen-bond donors (Lipinski definition) is 0. The first-order chi connectivity index (χ1) is 10.3. The normalized spacial score (nSPS) is 21.7. The number of hydrogen-bond acceptors (Lipinski definition) is 4. The van der Waals surface area contributed by atoms with Gasteiger partial charge in [0.2, 0.25) is 0 Å². The van der Waals surface area contributed by atoms with Crippen LogP contribution in [0.5, 0.6) is 0 Å². The van der Waals surface area contributed by atoms with Crippen LogP contribution in [0.15, 0.2) is 10.7 Å². The Morgan fingerprint density at radius 1 is 1.10 bits per heavy atom. The summed E-state index contributed by atoms with van der Waals surface area (Å²) < 4.78 is 0.905. The highest BCUT2D eigenvalue weighted by atomic mass is 79.9. The summed E-state index contributed by atoms with van der Waals surface area (Å²) in [6.07, 6.45) is 7.62. The molecule has 2 aliphatic rings. The van der Waals surface area contributed by atoms with E-state index in [0.717, 1.165) is 41.8 Å². The summed E-state index contributed by atoms with van der Waals surface area (Å²) in [7, 11) is 0. The zero-order valence-corrected chi connectivity index (χ0v) is 14.5. The van der Waals surface area contributed by atoms with Gasteiger partial charge < -0.3 is 9.80 Å². The highest BCUT2D eigenvalue weighted by Crippen LogP contribution is 2.25. The molecule has 3 rings (SSSR count). The summed E-state index contributed by atoms with van der Waals surface area (Å²) in [5.74, 6) is 2.02. The maximum absolute atomic E-state index is 4.68. The molecule has 0 spiro atoms. The number of aromatic nitrogens is 2. The van der Waals surface area contributed by atoms with E-state index in [-0.39, 0.29) is 0 Å². The molecule has 116 valence electrons. The Morgan fingerprint density at radius 3 is 2.48 bits per heavy atom. The fraction of sp³-hybridized carbons (Fsp3) is 0.750. The first kappa shape index (κ1) is 15.2. The minimum Gasteiger partial charge on any atom is -0.356 e. The van der Waals surface area contributed by atoms with Crippen LogP contribution in [-0.4, -0.2) is 47.1 Å². The molecule has 0 saturated carbocycles. The minimum atomic E-state index is 0.789. The van der Waals surface area contributed by atoms with Gasteiger partial charge in [-0.05, 0) is 54.7 Å². The van der Waals surface area contributed by atoms with Crippen LogP contribution in [0.1, 0.15) is 44.9 Å². The van der Waals surface area contributed by atoms with Crippen molar-refractivity contribution in [3.8, 4) is 0 Å². The third kappa shape index (κ3) is 3.75. The van der Waals surface area contributed by atoms with Crippen LogP contribution in [-0.2, 0) is 6.42 Å². The van der Waals surface area contributed by atoms with E-state index in [1.54, 1.807) is 0 Å². The summed E-state index contributed by atoms with van der Waals surface area (Å²) in [6.45, 7) is 6.96. The van der Waals surface area contributed by atoms with Crippen LogP contribution in [0.4, 0.5) is 5.82 Å². The van der Waals surface area contributed by atoms with Gasteiger partial charge in [-0.3, -0.25) is 0 Å². The predicted molar refractivity (Wildman–Crippen MR) is 89.8 cm³/mol. The van der Waals surface area contributed by atoms with Crippen LogP contribution in [0.2, 0.25) is 0 Å². The summed E-state index contributed by atoms with van der Waals surface area (Å²) in [4.78, 5) is 14.2. The molecule has 0 bridgehead atoms. The van der Waals surface area contributed by atoms with Gasteiger partial charge in [-0.15, -0.1) is 0 Å². The number of likely N-dealkylation sites (tertiary alicyclic amines) is 1. The monoisotopic (exact) mass is 352 g/mol. The zero-order valence-electron chi connectivity index (χ0n) is 12.9. The molecule has 3 heterocycles. The summed E-state index contributed by atoms with van der Waals surface area (Å²) >= 11 is 3.51. The van der Waals surface area contributed by atoms with E-state index in [9.17, 15) is 0 Å². The third-order valence-electron chi connectivity index (χ3n) is 4.74. The number of aryl methyl sites for hydroxylation is 1. The second kappa shape index (κ2) is 7.05. The number of piperidine rings is 2. The largest absolute Gasteiger partial charge is 0.356 e. The van der Waals surface area contributed by atoms with E-state index in [1.165, 1.54) is 45.2 Å². The van der Waals surface area contributed by atoms with Crippen molar-refractivity contribution < 1.29 is 0 Å². The highest BCUT2D eigenvalue weighted by molar-refractivity contribution is 9.10. The minimum absolute atomic E-state index is 0.789. The standard InChI is InChI=1S/C16H25BrN4/c1-2-15-18-14(17)12-16(19-15)21-10-6-13(7-11-21)20-8-4-3-5-9-20/h12-13H,2-11H2,1H3. The van der Waals surface area contributed by atoms with E-state index in [1.807, 2.05) is 0 Å². The summed E-state index contributed by atoms with van der Waals surface area (Å²) in [6, 6.07) is 2.85. The van der Waals surface area contributed by atoms with Gasteiger partial charge in [0.25, 0.3) is 0 Å². The molecule has 2 saturated heterocycles. The van der Waals surface area contributed by atoms with Crippen LogP contribution in [0.25, 0.3) is 0 Å². The molecule has 0 radical (unpaired) electrons. The number of rotatable bonds is 3. The lowest BCUT2D eigenvalue weighted by Gasteiger charge is -2.40. The Hall–Kier alpha value is -0.680. The maximum Gasteiger partial charge on any atom is 0.133 e. The van der Waals surface area contributed by atoms with Gasteiger partial charge in [-0.1, -0.05) is 13.3 Å². The van der Waals surface area contributed by atoms with Gasteiger partial charge in [0, 0.05) is 31.6 Å². The van der Waals surface area contributed by atoms with E-state index in [0.29, 0.717) is 0 Å². The highest BCUT2D eigenvalue weighted by Gasteiger charge is 2.26. The van der Waals surface area contributed by atoms with Crippen molar-refractivity contribution in [2.75, 3.05) is 31.1 Å². The number of anilines is 1. The quantitative estimate of drug-likeness (QED) is 0.781. The Balaban J connectivity index is 1.61. The average molecular weight is 353 g/mol. The topological polar surface area (TPSA) is 32.3 Å². The lowest BCUT2D eigenvalue weighted by atomic mass is 10.00. The first-order valence-electron chi connectivity index (χ1n) is 8.28. The lowest BCUT2D eigenvalue weighted by molar-refractivity contribution is 0.141. The SMILES string of the molecule is CCc1nc(Br)cc(N2CCC(N3CCCCC3)CC2)n1. The van der Waals surface area contributed by atoms with E-state index >= 15 is 0 Å². The molecule has 4 nitrogen and oxygen atoms in total. The molecule has 0 unspecified atom stereocenters. The van der Waals surface area contributed by atoms with Gasteiger partial charge in [0.1, 0.15) is 16.2 Å². The molecule has 0 aromatic carbocycles. The van der Waals surface area contributed by atoms with Crippen molar-refractivity contribution in [2.45, 2.75) is 51.5 Å². The molecule has 2 aliphatic heterocycles. The molecule has 1 aromatic rings. The van der Waals surface area contributed by atoms with Gasteiger partial charge in [0.15, 0.2) is 0 Å². The molecule has 0 aliphatic carbocycles. The summed E-state index contributed by atoms with van der Waals surface area (Å²) in [5, 5.41) is 0. The molecule has 0 N–H and O–H groups in total. The fourth-order valence-electron chi connectivity index (χ4n) is 3.52. The second-order valence-corrected chi connectivity index (χ2v) is 6.95. The smallest absolute Gasteiger partial charge is 0.133 e.